The zero-order valence-electron chi connectivity index (χ0n) is 11.0. The van der Waals surface area contributed by atoms with Crippen LogP contribution in [0.1, 0.15) is 12.6 Å². The van der Waals surface area contributed by atoms with Gasteiger partial charge < -0.3 is 25.8 Å². The van der Waals surface area contributed by atoms with Crippen LogP contribution in [-0.4, -0.2) is 59.3 Å². The van der Waals surface area contributed by atoms with Crippen LogP contribution in [0, 0.1) is 5.92 Å². The summed E-state index contributed by atoms with van der Waals surface area (Å²) in [6.45, 7) is -0.0870. The van der Waals surface area contributed by atoms with E-state index >= 15 is 0 Å². The Morgan fingerprint density at radius 2 is 2.19 bits per heavy atom. The molecule has 0 aromatic carbocycles. The molecule has 0 bridgehead atoms. The third-order valence-electron chi connectivity index (χ3n) is 4.43. The van der Waals surface area contributed by atoms with Gasteiger partial charge in [0.2, 0.25) is 0 Å². The molecule has 0 amide bonds. The van der Waals surface area contributed by atoms with Gasteiger partial charge in [-0.3, -0.25) is 4.57 Å². The summed E-state index contributed by atoms with van der Waals surface area (Å²) in [7, 11) is 0. The Bertz CT molecular complexity index is 706. The number of aliphatic hydroxyl groups excluding tert-OH is 3. The molecule has 21 heavy (non-hydrogen) atoms. The van der Waals surface area contributed by atoms with Gasteiger partial charge in [-0.05, 0) is 6.42 Å². The van der Waals surface area contributed by atoms with Crippen LogP contribution in [-0.2, 0) is 4.74 Å². The third kappa shape index (κ3) is 1.57. The van der Waals surface area contributed by atoms with Crippen molar-refractivity contribution in [2.24, 2.45) is 5.92 Å². The number of hydrogen-bond acceptors (Lipinski definition) is 8. The molecule has 3 heterocycles. The van der Waals surface area contributed by atoms with Crippen LogP contribution in [0.5, 0.6) is 0 Å². The van der Waals surface area contributed by atoms with Gasteiger partial charge in [0, 0.05) is 12.5 Å². The van der Waals surface area contributed by atoms with Crippen molar-refractivity contribution in [1.29, 1.82) is 0 Å². The lowest BCUT2D eigenvalue weighted by molar-refractivity contribution is -0.0563. The number of fused-ring (bicyclic) bond motifs is 1. The van der Waals surface area contributed by atoms with Gasteiger partial charge in [0.1, 0.15) is 29.7 Å². The highest BCUT2D eigenvalue weighted by molar-refractivity contribution is 5.81. The van der Waals surface area contributed by atoms with E-state index in [0.29, 0.717) is 17.6 Å². The molecule has 0 radical (unpaired) electrons. The van der Waals surface area contributed by atoms with Gasteiger partial charge >= 0.3 is 0 Å². The predicted octanol–water partition coefficient (Wildman–Crippen LogP) is -1.59. The van der Waals surface area contributed by atoms with Crippen molar-refractivity contribution >= 4 is 17.0 Å². The minimum absolute atomic E-state index is 0.0870. The van der Waals surface area contributed by atoms with E-state index in [2.05, 4.69) is 15.0 Å². The molecule has 1 aliphatic carbocycles. The number of ether oxygens (including phenoxy) is 1. The predicted molar refractivity (Wildman–Crippen MR) is 69.8 cm³/mol. The first-order valence-corrected chi connectivity index (χ1v) is 6.66. The van der Waals surface area contributed by atoms with Crippen molar-refractivity contribution in [2.75, 3.05) is 12.3 Å². The summed E-state index contributed by atoms with van der Waals surface area (Å²) in [5, 5.41) is 29.7. The number of aliphatic hydroxyl groups is 3. The molecular weight excluding hydrogens is 278 g/mol. The molecule has 4 rings (SSSR count). The second-order valence-corrected chi connectivity index (χ2v) is 5.57. The first kappa shape index (κ1) is 12.9. The first-order chi connectivity index (χ1) is 10.1. The van der Waals surface area contributed by atoms with Crippen molar-refractivity contribution in [3.8, 4) is 0 Å². The lowest BCUT2D eigenvalue weighted by Crippen LogP contribution is -2.34. The second kappa shape index (κ2) is 4.10. The normalized spacial score (nSPS) is 38.4. The standard InChI is InChI=1S/C12H15N5O4/c13-9-6-10(15-3-14-9)17(4-16-6)11-7(19)8(20)12(21-11)1-5(12)2-18/h3-5,7-8,11,18-20H,1-2H2,(H2,13,14,15)/t5-,7?,8?,11+,12-/m0/s1. The highest BCUT2D eigenvalue weighted by Gasteiger charge is 2.68. The molecule has 2 unspecified atom stereocenters. The van der Waals surface area contributed by atoms with E-state index in [1.807, 2.05) is 0 Å². The summed E-state index contributed by atoms with van der Waals surface area (Å²) in [5.74, 6) is 0.0720. The maximum atomic E-state index is 10.3. The Hall–Kier alpha value is -1.81. The Balaban J connectivity index is 1.75. The minimum Gasteiger partial charge on any atom is -0.396 e. The zero-order valence-corrected chi connectivity index (χ0v) is 11.0. The quantitative estimate of drug-likeness (QED) is 0.519. The fourth-order valence-corrected chi connectivity index (χ4v) is 3.14. The Labute approximate surface area is 119 Å². The van der Waals surface area contributed by atoms with Crippen LogP contribution in [0.25, 0.3) is 11.2 Å². The van der Waals surface area contributed by atoms with Crippen molar-refractivity contribution in [3.05, 3.63) is 12.7 Å². The van der Waals surface area contributed by atoms with Gasteiger partial charge in [-0.2, -0.15) is 0 Å². The summed E-state index contributed by atoms with van der Waals surface area (Å²) in [6, 6.07) is 0. The van der Waals surface area contributed by atoms with Crippen molar-refractivity contribution < 1.29 is 20.1 Å². The molecule has 2 aliphatic rings. The molecule has 112 valence electrons. The van der Waals surface area contributed by atoms with E-state index in [4.69, 9.17) is 10.5 Å². The first-order valence-electron chi connectivity index (χ1n) is 6.66. The number of rotatable bonds is 2. The number of nitrogens with zero attached hydrogens (tertiary/aromatic N) is 4. The minimum atomic E-state index is -1.13. The van der Waals surface area contributed by atoms with Gasteiger partial charge in [0.05, 0.1) is 6.33 Å². The van der Waals surface area contributed by atoms with Crippen LogP contribution in [0.15, 0.2) is 12.7 Å². The smallest absolute Gasteiger partial charge is 0.167 e. The number of imidazole rings is 1. The third-order valence-corrected chi connectivity index (χ3v) is 4.43. The van der Waals surface area contributed by atoms with Crippen molar-refractivity contribution in [2.45, 2.75) is 30.5 Å². The molecule has 9 heteroatoms. The monoisotopic (exact) mass is 293 g/mol. The van der Waals surface area contributed by atoms with Gasteiger partial charge in [-0.15, -0.1) is 0 Å². The molecule has 1 spiro atoms. The van der Waals surface area contributed by atoms with Crippen LogP contribution in [0.2, 0.25) is 0 Å². The van der Waals surface area contributed by atoms with E-state index in [0.717, 1.165) is 0 Å². The molecular formula is C12H15N5O4. The fourth-order valence-electron chi connectivity index (χ4n) is 3.14. The van der Waals surface area contributed by atoms with E-state index in [-0.39, 0.29) is 18.3 Å². The molecule has 2 fully saturated rings. The molecule has 1 saturated carbocycles. The number of aromatic nitrogens is 4. The van der Waals surface area contributed by atoms with E-state index in [9.17, 15) is 15.3 Å². The van der Waals surface area contributed by atoms with Crippen LogP contribution in [0.4, 0.5) is 5.82 Å². The highest BCUT2D eigenvalue weighted by Crippen LogP contribution is 2.57. The topological polar surface area (TPSA) is 140 Å². The lowest BCUT2D eigenvalue weighted by Gasteiger charge is -2.16. The number of hydrogen-bond donors (Lipinski definition) is 4. The molecule has 1 saturated heterocycles. The number of nitrogens with two attached hydrogens (primary N) is 1. The SMILES string of the molecule is Nc1ncnc2c1ncn2[C@@H]1O[C@]2(C[C@H]2CO)C(O)C1O. The molecule has 1 aliphatic heterocycles. The lowest BCUT2D eigenvalue weighted by atomic mass is 10.1. The van der Waals surface area contributed by atoms with E-state index < -0.39 is 24.0 Å². The van der Waals surface area contributed by atoms with E-state index in [1.165, 1.54) is 17.2 Å². The number of nitrogen functional groups attached to an aromatic ring is 1. The van der Waals surface area contributed by atoms with Crippen molar-refractivity contribution in [1.82, 2.24) is 19.5 Å². The molecule has 2 aromatic heterocycles. The second-order valence-electron chi connectivity index (χ2n) is 5.57. The molecule has 2 aromatic rings. The average Bonchev–Trinajstić information content (AvgIpc) is 2.94. The van der Waals surface area contributed by atoms with Gasteiger partial charge in [0.25, 0.3) is 0 Å². The maximum Gasteiger partial charge on any atom is 0.167 e. The van der Waals surface area contributed by atoms with E-state index in [1.54, 1.807) is 0 Å². The zero-order chi connectivity index (χ0) is 14.8. The molecule has 5 N–H and O–H groups in total. The largest absolute Gasteiger partial charge is 0.396 e. The van der Waals surface area contributed by atoms with Gasteiger partial charge in [0.15, 0.2) is 17.7 Å². The summed E-state index contributed by atoms with van der Waals surface area (Å²) in [6.07, 6.45) is 0.257. The van der Waals surface area contributed by atoms with Gasteiger partial charge in [-0.25, -0.2) is 15.0 Å². The highest BCUT2D eigenvalue weighted by atomic mass is 16.6. The molecule has 5 atom stereocenters. The summed E-state index contributed by atoms with van der Waals surface area (Å²) in [4.78, 5) is 12.1. The fraction of sp³-hybridized carbons (Fsp3) is 0.583. The number of anilines is 1. The Morgan fingerprint density at radius 3 is 2.90 bits per heavy atom. The summed E-state index contributed by atoms with van der Waals surface area (Å²) in [5.41, 5.74) is 5.69. The Morgan fingerprint density at radius 1 is 1.38 bits per heavy atom. The summed E-state index contributed by atoms with van der Waals surface area (Å²) >= 11 is 0. The molecule has 9 nitrogen and oxygen atoms in total. The Kier molecular flexibility index (Phi) is 2.52. The van der Waals surface area contributed by atoms with Crippen LogP contribution in [0.3, 0.4) is 0 Å². The van der Waals surface area contributed by atoms with Crippen LogP contribution >= 0.6 is 0 Å². The average molecular weight is 293 g/mol. The maximum absolute atomic E-state index is 10.3. The van der Waals surface area contributed by atoms with Gasteiger partial charge in [-0.1, -0.05) is 0 Å². The van der Waals surface area contributed by atoms with Crippen molar-refractivity contribution in [3.63, 3.8) is 0 Å². The summed E-state index contributed by atoms with van der Waals surface area (Å²) < 4.78 is 7.37. The van der Waals surface area contributed by atoms with Crippen LogP contribution < -0.4 is 5.73 Å².